The molecule has 4 nitrogen and oxygen atoms in total. The third-order valence-corrected chi connectivity index (χ3v) is 3.37. The van der Waals surface area contributed by atoms with E-state index in [-0.39, 0.29) is 36.6 Å². The highest BCUT2D eigenvalue weighted by Gasteiger charge is 2.41. The smallest absolute Gasteiger partial charge is 0.233 e. The van der Waals surface area contributed by atoms with Crippen LogP contribution >= 0.6 is 0 Å². The number of aldehydes is 1. The molecule has 0 aromatic carbocycles. The number of nitrogens with zero attached hydrogens (tertiary/aromatic N) is 1. The molecule has 1 heterocycles. The number of imide groups is 1. The van der Waals surface area contributed by atoms with E-state index in [1.807, 2.05) is 13.8 Å². The zero-order valence-corrected chi connectivity index (χ0v) is 9.94. The van der Waals surface area contributed by atoms with Gasteiger partial charge in [0.2, 0.25) is 11.8 Å². The average molecular weight is 225 g/mol. The summed E-state index contributed by atoms with van der Waals surface area (Å²) in [4.78, 5) is 35.1. The molecule has 0 radical (unpaired) electrons. The van der Waals surface area contributed by atoms with Crippen LogP contribution in [0.1, 0.15) is 39.5 Å². The lowest BCUT2D eigenvalue weighted by molar-refractivity contribution is -0.139. The van der Waals surface area contributed by atoms with Crippen LogP contribution in [-0.2, 0) is 14.4 Å². The summed E-state index contributed by atoms with van der Waals surface area (Å²) in [6.45, 7) is 4.33. The van der Waals surface area contributed by atoms with E-state index in [1.54, 1.807) is 0 Å². The second-order valence-corrected chi connectivity index (χ2v) is 4.23. The van der Waals surface area contributed by atoms with Crippen LogP contribution in [0.2, 0.25) is 0 Å². The van der Waals surface area contributed by atoms with E-state index < -0.39 is 0 Å². The highest BCUT2D eigenvalue weighted by Crippen LogP contribution is 2.30. The Labute approximate surface area is 96.0 Å². The third kappa shape index (κ3) is 2.49. The van der Waals surface area contributed by atoms with Gasteiger partial charge in [-0.25, -0.2) is 0 Å². The fourth-order valence-corrected chi connectivity index (χ4v) is 2.35. The van der Waals surface area contributed by atoms with Gasteiger partial charge in [0.15, 0.2) is 0 Å². The molecule has 1 rings (SSSR count). The van der Waals surface area contributed by atoms with Crippen LogP contribution in [0.5, 0.6) is 0 Å². The van der Waals surface area contributed by atoms with Crippen molar-refractivity contribution in [2.75, 3.05) is 6.54 Å². The molecule has 0 saturated carbocycles. The van der Waals surface area contributed by atoms with Crippen molar-refractivity contribution in [3.63, 3.8) is 0 Å². The molecule has 0 aliphatic carbocycles. The van der Waals surface area contributed by atoms with Gasteiger partial charge in [-0.2, -0.15) is 0 Å². The van der Waals surface area contributed by atoms with Crippen molar-refractivity contribution in [1.82, 2.24) is 4.90 Å². The average Bonchev–Trinajstić information content (AvgIpc) is 2.55. The lowest BCUT2D eigenvalue weighted by atomic mass is 9.87. The molecular formula is C12H19NO3. The Bertz CT molecular complexity index is 284. The Kier molecular flexibility index (Phi) is 4.65. The van der Waals surface area contributed by atoms with Gasteiger partial charge in [0.05, 0.1) is 5.92 Å². The van der Waals surface area contributed by atoms with Crippen molar-refractivity contribution in [1.29, 1.82) is 0 Å². The summed E-state index contributed by atoms with van der Waals surface area (Å²) in [6, 6.07) is 0. The van der Waals surface area contributed by atoms with Crippen molar-refractivity contribution >= 4 is 18.1 Å². The number of amides is 2. The number of likely N-dealkylation sites (tertiary alicyclic amines) is 1. The van der Waals surface area contributed by atoms with E-state index in [0.717, 1.165) is 19.1 Å². The minimum atomic E-state index is -0.158. The first kappa shape index (κ1) is 12.9. The van der Waals surface area contributed by atoms with E-state index in [1.165, 1.54) is 4.90 Å². The molecule has 0 aromatic heterocycles. The first-order valence-electron chi connectivity index (χ1n) is 5.93. The summed E-state index contributed by atoms with van der Waals surface area (Å²) in [6.07, 6.45) is 3.14. The Morgan fingerprint density at radius 2 is 2.00 bits per heavy atom. The van der Waals surface area contributed by atoms with Gasteiger partial charge in [-0.1, -0.05) is 26.7 Å². The second-order valence-electron chi connectivity index (χ2n) is 4.23. The monoisotopic (exact) mass is 225 g/mol. The quantitative estimate of drug-likeness (QED) is 0.507. The summed E-state index contributed by atoms with van der Waals surface area (Å²) in [5.74, 6) is -0.0730. The third-order valence-electron chi connectivity index (χ3n) is 3.37. The molecule has 2 amide bonds. The molecule has 0 N–H and O–H groups in total. The van der Waals surface area contributed by atoms with E-state index in [2.05, 4.69) is 0 Å². The fourth-order valence-electron chi connectivity index (χ4n) is 2.35. The predicted octanol–water partition coefficient (Wildman–Crippen LogP) is 1.39. The molecule has 16 heavy (non-hydrogen) atoms. The van der Waals surface area contributed by atoms with Crippen molar-refractivity contribution in [3.8, 4) is 0 Å². The minimum absolute atomic E-state index is 0.0828. The van der Waals surface area contributed by atoms with Crippen molar-refractivity contribution in [2.24, 2.45) is 11.8 Å². The molecule has 1 saturated heterocycles. The molecule has 1 fully saturated rings. The topological polar surface area (TPSA) is 54.5 Å². The molecule has 0 aromatic rings. The molecule has 0 spiro atoms. The van der Waals surface area contributed by atoms with Crippen LogP contribution in [-0.4, -0.2) is 29.5 Å². The molecule has 1 atom stereocenters. The van der Waals surface area contributed by atoms with Crippen LogP contribution in [0.25, 0.3) is 0 Å². The van der Waals surface area contributed by atoms with Crippen molar-refractivity contribution in [3.05, 3.63) is 0 Å². The van der Waals surface area contributed by atoms with Crippen LogP contribution < -0.4 is 0 Å². The Morgan fingerprint density at radius 3 is 2.50 bits per heavy atom. The Hall–Kier alpha value is -1.19. The van der Waals surface area contributed by atoms with E-state index in [0.29, 0.717) is 6.42 Å². The summed E-state index contributed by atoms with van der Waals surface area (Å²) in [5, 5.41) is 0. The number of carbonyl (C=O) groups is 3. The summed E-state index contributed by atoms with van der Waals surface area (Å²) in [7, 11) is 0. The first-order chi connectivity index (χ1) is 7.65. The summed E-state index contributed by atoms with van der Waals surface area (Å²) in [5.41, 5.74) is 0. The molecule has 1 aliphatic heterocycles. The Morgan fingerprint density at radius 1 is 1.38 bits per heavy atom. The maximum atomic E-state index is 12.0. The highest BCUT2D eigenvalue weighted by molar-refractivity contribution is 6.03. The minimum Gasteiger partial charge on any atom is -0.303 e. The molecular weight excluding hydrogens is 206 g/mol. The van der Waals surface area contributed by atoms with Gasteiger partial charge in [0, 0.05) is 19.4 Å². The molecule has 1 aliphatic rings. The van der Waals surface area contributed by atoms with Crippen LogP contribution in [0.3, 0.4) is 0 Å². The second kappa shape index (κ2) is 5.77. The standard InChI is InChI=1S/C12H19NO3/c1-3-9(4-2)10-8-11(15)13(12(10)16)6-5-7-14/h7,9-10H,3-6,8H2,1-2H3. The largest absolute Gasteiger partial charge is 0.303 e. The van der Waals surface area contributed by atoms with E-state index in [9.17, 15) is 14.4 Å². The SMILES string of the molecule is CCC(CC)C1CC(=O)N(CCC=O)C1=O. The van der Waals surface area contributed by atoms with Gasteiger partial charge in [0.25, 0.3) is 0 Å². The van der Waals surface area contributed by atoms with Gasteiger partial charge in [0.1, 0.15) is 6.29 Å². The molecule has 4 heteroatoms. The maximum absolute atomic E-state index is 12.0. The normalized spacial score (nSPS) is 20.9. The molecule has 1 unspecified atom stereocenters. The Balaban J connectivity index is 2.69. The summed E-state index contributed by atoms with van der Waals surface area (Å²) >= 11 is 0. The lowest BCUT2D eigenvalue weighted by Gasteiger charge is -2.19. The van der Waals surface area contributed by atoms with Crippen molar-refractivity contribution in [2.45, 2.75) is 39.5 Å². The summed E-state index contributed by atoms with van der Waals surface area (Å²) < 4.78 is 0. The zero-order valence-electron chi connectivity index (χ0n) is 9.94. The number of rotatable bonds is 6. The number of hydrogen-bond donors (Lipinski definition) is 0. The fraction of sp³-hybridized carbons (Fsp3) is 0.750. The maximum Gasteiger partial charge on any atom is 0.233 e. The van der Waals surface area contributed by atoms with Crippen molar-refractivity contribution < 1.29 is 14.4 Å². The lowest BCUT2D eigenvalue weighted by Crippen LogP contribution is -2.33. The zero-order chi connectivity index (χ0) is 12.1. The van der Waals surface area contributed by atoms with E-state index >= 15 is 0 Å². The number of carbonyl (C=O) groups excluding carboxylic acids is 3. The van der Waals surface area contributed by atoms with Gasteiger partial charge in [-0.15, -0.1) is 0 Å². The van der Waals surface area contributed by atoms with Gasteiger partial charge in [-0.3, -0.25) is 14.5 Å². The van der Waals surface area contributed by atoms with Gasteiger partial charge >= 0.3 is 0 Å². The van der Waals surface area contributed by atoms with Crippen LogP contribution in [0.15, 0.2) is 0 Å². The molecule has 0 bridgehead atoms. The van der Waals surface area contributed by atoms with Crippen LogP contribution in [0, 0.1) is 11.8 Å². The van der Waals surface area contributed by atoms with E-state index in [4.69, 9.17) is 0 Å². The van der Waals surface area contributed by atoms with Gasteiger partial charge in [-0.05, 0) is 5.92 Å². The predicted molar refractivity (Wildman–Crippen MR) is 59.6 cm³/mol. The highest BCUT2D eigenvalue weighted by atomic mass is 16.2. The molecule has 90 valence electrons. The van der Waals surface area contributed by atoms with Gasteiger partial charge < -0.3 is 4.79 Å². The first-order valence-corrected chi connectivity index (χ1v) is 5.93. The van der Waals surface area contributed by atoms with Crippen LogP contribution in [0.4, 0.5) is 0 Å². The number of hydrogen-bond acceptors (Lipinski definition) is 3.